The molecule has 160 valence electrons. The van der Waals surface area contributed by atoms with Crippen LogP contribution in [-0.4, -0.2) is 96.1 Å². The summed E-state index contributed by atoms with van der Waals surface area (Å²) in [5, 5.41) is 6.96. The van der Waals surface area contributed by atoms with Crippen molar-refractivity contribution in [3.05, 3.63) is 21.9 Å². The van der Waals surface area contributed by atoms with Gasteiger partial charge in [-0.25, -0.2) is 0 Å². The molecule has 2 N–H and O–H groups in total. The molecule has 0 aromatic carbocycles. The summed E-state index contributed by atoms with van der Waals surface area (Å²) in [6.07, 6.45) is 1.06. The van der Waals surface area contributed by atoms with Crippen molar-refractivity contribution in [2.75, 3.05) is 80.3 Å². The number of morpholine rings is 1. The van der Waals surface area contributed by atoms with Gasteiger partial charge in [0.1, 0.15) is 0 Å². The third-order valence-corrected chi connectivity index (χ3v) is 6.04. The van der Waals surface area contributed by atoms with Crippen LogP contribution >= 0.6 is 11.3 Å². The number of rotatable bonds is 11. The smallest absolute Gasteiger partial charge is 0.191 e. The Hall–Kier alpha value is -1.19. The van der Waals surface area contributed by atoms with Crippen LogP contribution in [0.1, 0.15) is 22.2 Å². The number of thiophene rings is 1. The molecule has 1 aliphatic rings. The van der Waals surface area contributed by atoms with Crippen LogP contribution in [0.2, 0.25) is 0 Å². The van der Waals surface area contributed by atoms with Gasteiger partial charge < -0.3 is 25.0 Å². The summed E-state index contributed by atoms with van der Waals surface area (Å²) in [5.74, 6) is 0.858. The molecule has 0 radical (unpaired) electrons. The van der Waals surface area contributed by atoms with Gasteiger partial charge in [0.2, 0.25) is 0 Å². The van der Waals surface area contributed by atoms with Gasteiger partial charge in [-0.3, -0.25) is 9.89 Å². The Morgan fingerprint density at radius 2 is 2.11 bits per heavy atom. The molecule has 8 heteroatoms. The fourth-order valence-electron chi connectivity index (χ4n) is 3.30. The lowest BCUT2D eigenvalue weighted by Gasteiger charge is -2.34. The van der Waals surface area contributed by atoms with E-state index in [0.717, 1.165) is 71.5 Å². The lowest BCUT2D eigenvalue weighted by molar-refractivity contribution is 0.0177. The Balaban J connectivity index is 1.81. The van der Waals surface area contributed by atoms with Crippen LogP contribution in [0, 0.1) is 6.92 Å². The normalized spacial score (nSPS) is 17.1. The summed E-state index contributed by atoms with van der Waals surface area (Å²) < 4.78 is 10.7. The number of nitrogens with one attached hydrogen (secondary N) is 2. The van der Waals surface area contributed by atoms with E-state index in [1.165, 1.54) is 9.75 Å². The fourth-order valence-corrected chi connectivity index (χ4v) is 4.31. The topological polar surface area (TPSA) is 61.4 Å². The minimum Gasteiger partial charge on any atom is -0.385 e. The van der Waals surface area contributed by atoms with Gasteiger partial charge >= 0.3 is 0 Å². The maximum Gasteiger partial charge on any atom is 0.191 e. The number of guanidine groups is 1. The largest absolute Gasteiger partial charge is 0.385 e. The van der Waals surface area contributed by atoms with E-state index >= 15 is 0 Å². The average molecular weight is 412 g/mol. The summed E-state index contributed by atoms with van der Waals surface area (Å²) in [4.78, 5) is 12.0. The first-order valence-corrected chi connectivity index (χ1v) is 11.0. The van der Waals surface area contributed by atoms with Crippen molar-refractivity contribution < 1.29 is 9.47 Å². The summed E-state index contributed by atoms with van der Waals surface area (Å²) in [6.45, 7) is 10.3. The fraction of sp³-hybridized carbons (Fsp3) is 0.750. The standard InChI is InChI=1S/C20H37N5O2S/c1-17-6-7-19(28-17)18(25-11-14-27-15-12-25)16-23-20(21-2)22-8-10-24(3)9-5-13-26-4/h6-7,18H,5,8-16H2,1-4H3,(H2,21,22,23). The third-order valence-electron chi connectivity index (χ3n) is 4.94. The lowest BCUT2D eigenvalue weighted by Crippen LogP contribution is -2.47. The molecule has 1 saturated heterocycles. The van der Waals surface area contributed by atoms with Crippen LogP contribution in [-0.2, 0) is 9.47 Å². The van der Waals surface area contributed by atoms with Gasteiger partial charge in [0.05, 0.1) is 19.3 Å². The van der Waals surface area contributed by atoms with Crippen LogP contribution in [0.3, 0.4) is 0 Å². The van der Waals surface area contributed by atoms with E-state index in [1.54, 1.807) is 7.11 Å². The number of ether oxygens (including phenoxy) is 2. The molecule has 0 aliphatic carbocycles. The van der Waals surface area contributed by atoms with Gasteiger partial charge in [-0.1, -0.05) is 0 Å². The first-order valence-electron chi connectivity index (χ1n) is 10.1. The highest BCUT2D eigenvalue weighted by Crippen LogP contribution is 2.27. The Morgan fingerprint density at radius 1 is 1.32 bits per heavy atom. The van der Waals surface area contributed by atoms with E-state index in [2.05, 4.69) is 51.5 Å². The van der Waals surface area contributed by atoms with Crippen molar-refractivity contribution in [2.45, 2.75) is 19.4 Å². The molecule has 1 aromatic heterocycles. The Kier molecular flexibility index (Phi) is 10.8. The molecule has 7 nitrogen and oxygen atoms in total. The van der Waals surface area contributed by atoms with Gasteiger partial charge in [-0.2, -0.15) is 0 Å². The average Bonchev–Trinajstić information content (AvgIpc) is 3.13. The zero-order valence-corrected chi connectivity index (χ0v) is 18.7. The van der Waals surface area contributed by atoms with Crippen LogP contribution < -0.4 is 10.6 Å². The van der Waals surface area contributed by atoms with E-state index in [-0.39, 0.29) is 0 Å². The number of likely N-dealkylation sites (N-methyl/N-ethyl adjacent to an activating group) is 1. The Morgan fingerprint density at radius 3 is 2.75 bits per heavy atom. The molecule has 0 bridgehead atoms. The van der Waals surface area contributed by atoms with Crippen molar-refractivity contribution in [2.24, 2.45) is 4.99 Å². The number of nitrogens with zero attached hydrogens (tertiary/aromatic N) is 3. The van der Waals surface area contributed by atoms with Crippen molar-refractivity contribution in [3.8, 4) is 0 Å². The van der Waals surface area contributed by atoms with Crippen molar-refractivity contribution in [3.63, 3.8) is 0 Å². The molecule has 2 heterocycles. The SMILES string of the molecule is CN=C(NCCN(C)CCCOC)NCC(c1ccc(C)s1)N1CCOCC1. The maximum atomic E-state index is 5.54. The van der Waals surface area contributed by atoms with Gasteiger partial charge in [0.15, 0.2) is 5.96 Å². The second kappa shape index (κ2) is 13.1. The van der Waals surface area contributed by atoms with Crippen LogP contribution in [0.4, 0.5) is 0 Å². The van der Waals surface area contributed by atoms with Crippen molar-refractivity contribution >= 4 is 17.3 Å². The van der Waals surface area contributed by atoms with E-state index in [1.807, 2.05) is 18.4 Å². The minimum absolute atomic E-state index is 0.345. The van der Waals surface area contributed by atoms with Crippen molar-refractivity contribution in [1.29, 1.82) is 0 Å². The zero-order valence-electron chi connectivity index (χ0n) is 17.9. The van der Waals surface area contributed by atoms with E-state index in [0.29, 0.717) is 6.04 Å². The first-order chi connectivity index (χ1) is 13.6. The summed E-state index contributed by atoms with van der Waals surface area (Å²) >= 11 is 1.88. The molecule has 0 saturated carbocycles. The highest BCUT2D eigenvalue weighted by atomic mass is 32.1. The lowest BCUT2D eigenvalue weighted by atomic mass is 10.2. The van der Waals surface area contributed by atoms with Gasteiger partial charge in [-0.05, 0) is 32.5 Å². The zero-order chi connectivity index (χ0) is 20.2. The first kappa shape index (κ1) is 23.1. The monoisotopic (exact) mass is 411 g/mol. The van der Waals surface area contributed by atoms with Gasteiger partial charge in [0.25, 0.3) is 0 Å². The minimum atomic E-state index is 0.345. The molecule has 1 aliphatic heterocycles. The van der Waals surface area contributed by atoms with E-state index in [4.69, 9.17) is 9.47 Å². The summed E-state index contributed by atoms with van der Waals surface area (Å²) in [7, 11) is 5.72. The van der Waals surface area contributed by atoms with E-state index < -0.39 is 0 Å². The van der Waals surface area contributed by atoms with Crippen molar-refractivity contribution in [1.82, 2.24) is 20.4 Å². The van der Waals surface area contributed by atoms with Crippen LogP contribution in [0.25, 0.3) is 0 Å². The Labute approximate surface area is 174 Å². The molecular formula is C20H37N5O2S. The summed E-state index contributed by atoms with van der Waals surface area (Å²) in [6, 6.07) is 4.81. The number of aryl methyl sites for hydroxylation is 1. The summed E-state index contributed by atoms with van der Waals surface area (Å²) in [5.41, 5.74) is 0. The Bertz CT molecular complexity index is 575. The molecular weight excluding hydrogens is 374 g/mol. The van der Waals surface area contributed by atoms with Gasteiger partial charge in [-0.15, -0.1) is 11.3 Å². The molecule has 1 unspecified atom stereocenters. The molecule has 1 atom stereocenters. The van der Waals surface area contributed by atoms with Crippen LogP contribution in [0.5, 0.6) is 0 Å². The third kappa shape index (κ3) is 8.05. The molecule has 2 rings (SSSR count). The molecule has 0 amide bonds. The van der Waals surface area contributed by atoms with Crippen LogP contribution in [0.15, 0.2) is 17.1 Å². The highest BCUT2D eigenvalue weighted by molar-refractivity contribution is 7.12. The molecule has 1 aromatic rings. The maximum absolute atomic E-state index is 5.54. The predicted molar refractivity (Wildman–Crippen MR) is 118 cm³/mol. The molecule has 1 fully saturated rings. The number of hydrogen-bond acceptors (Lipinski definition) is 6. The second-order valence-corrected chi connectivity index (χ2v) is 8.46. The highest BCUT2D eigenvalue weighted by Gasteiger charge is 2.24. The molecule has 0 spiro atoms. The van der Waals surface area contributed by atoms with E-state index in [9.17, 15) is 0 Å². The second-order valence-electron chi connectivity index (χ2n) is 7.14. The van der Waals surface area contributed by atoms with Gasteiger partial charge in [0, 0.05) is 69.8 Å². The number of aliphatic imine (C=N–C) groups is 1. The quantitative estimate of drug-likeness (QED) is 0.327. The number of methoxy groups -OCH3 is 1. The number of hydrogen-bond donors (Lipinski definition) is 2. The predicted octanol–water partition coefficient (Wildman–Crippen LogP) is 1.56. The molecule has 28 heavy (non-hydrogen) atoms.